The molecule has 1 amide bonds. The zero-order valence-electron chi connectivity index (χ0n) is 12.3. The number of aromatic nitrogens is 3. The van der Waals surface area contributed by atoms with E-state index in [0.29, 0.717) is 24.0 Å². The highest BCUT2D eigenvalue weighted by atomic mass is 32.1. The van der Waals surface area contributed by atoms with Gasteiger partial charge in [0.05, 0.1) is 16.8 Å². The third kappa shape index (κ3) is 2.87. The molecule has 0 spiro atoms. The number of benzene rings is 1. The zero-order chi connectivity index (χ0) is 15.6. The fourth-order valence-electron chi connectivity index (χ4n) is 2.63. The molecule has 3 heterocycles. The van der Waals surface area contributed by atoms with Crippen LogP contribution in [0.4, 0.5) is 0 Å². The summed E-state index contributed by atoms with van der Waals surface area (Å²) in [7, 11) is 0. The van der Waals surface area contributed by atoms with Crippen molar-refractivity contribution in [3.05, 3.63) is 47.6 Å². The average molecular weight is 326 g/mol. The van der Waals surface area contributed by atoms with E-state index in [1.165, 1.54) is 11.3 Å². The number of fused-ring (bicyclic) bond motifs is 1. The molecule has 0 unspecified atom stereocenters. The number of amides is 1. The van der Waals surface area contributed by atoms with Gasteiger partial charge in [0.2, 0.25) is 5.88 Å². The molecule has 6 nitrogen and oxygen atoms in total. The number of ether oxygens (including phenoxy) is 1. The van der Waals surface area contributed by atoms with E-state index in [9.17, 15) is 4.79 Å². The number of nitrogens with zero attached hydrogens (tertiary/aromatic N) is 4. The highest BCUT2D eigenvalue weighted by molar-refractivity contribution is 7.20. The molecule has 1 atom stereocenters. The first-order chi connectivity index (χ1) is 11.3. The molecule has 1 fully saturated rings. The summed E-state index contributed by atoms with van der Waals surface area (Å²) >= 11 is 1.43. The fraction of sp³-hybridized carbons (Fsp3) is 0.250. The van der Waals surface area contributed by atoms with Crippen LogP contribution in [0, 0.1) is 0 Å². The molecular formula is C16H14N4O2S. The standard InChI is InChI=1S/C16H14N4O2S/c21-16(15-18-12-4-1-2-5-13(12)23-15)20-9-7-11(10-20)22-14-6-3-8-17-19-14/h1-6,8,11H,7,9-10H2/t11-/m1/s1. The van der Waals surface area contributed by atoms with Crippen LogP contribution in [0.25, 0.3) is 10.2 Å². The number of thiazole rings is 1. The summed E-state index contributed by atoms with van der Waals surface area (Å²) in [5, 5.41) is 8.24. The normalized spacial score (nSPS) is 17.6. The maximum atomic E-state index is 12.6. The first kappa shape index (κ1) is 14.1. The van der Waals surface area contributed by atoms with E-state index in [1.807, 2.05) is 24.3 Å². The quantitative estimate of drug-likeness (QED) is 0.739. The molecule has 1 aliphatic rings. The number of para-hydroxylation sites is 1. The monoisotopic (exact) mass is 326 g/mol. The van der Waals surface area contributed by atoms with Gasteiger partial charge >= 0.3 is 0 Å². The number of hydrogen-bond donors (Lipinski definition) is 0. The molecular weight excluding hydrogens is 312 g/mol. The van der Waals surface area contributed by atoms with Crippen LogP contribution in [0.15, 0.2) is 42.6 Å². The Balaban J connectivity index is 1.45. The lowest BCUT2D eigenvalue weighted by Crippen LogP contribution is -2.30. The Kier molecular flexibility index (Phi) is 3.63. The molecule has 0 aliphatic carbocycles. The van der Waals surface area contributed by atoms with Crippen LogP contribution in [-0.4, -0.2) is 45.2 Å². The Morgan fingerprint density at radius 3 is 3.00 bits per heavy atom. The van der Waals surface area contributed by atoms with Gasteiger partial charge < -0.3 is 9.64 Å². The van der Waals surface area contributed by atoms with E-state index in [4.69, 9.17) is 4.74 Å². The summed E-state index contributed by atoms with van der Waals surface area (Å²) in [5.74, 6) is 0.461. The SMILES string of the molecule is O=C(c1nc2ccccc2s1)N1CC[C@@H](Oc2cccnn2)C1. The maximum Gasteiger partial charge on any atom is 0.283 e. The Hall–Kier alpha value is -2.54. The van der Waals surface area contributed by atoms with Gasteiger partial charge in [0.1, 0.15) is 6.10 Å². The number of hydrogen-bond acceptors (Lipinski definition) is 6. The number of rotatable bonds is 3. The van der Waals surface area contributed by atoms with Crippen molar-refractivity contribution in [1.29, 1.82) is 0 Å². The summed E-state index contributed by atoms with van der Waals surface area (Å²) in [4.78, 5) is 18.8. The Bertz CT molecular complexity index is 803. The minimum Gasteiger partial charge on any atom is -0.471 e. The minimum absolute atomic E-state index is 0.0311. The molecule has 0 radical (unpaired) electrons. The second-order valence-corrected chi connectivity index (χ2v) is 6.36. The Morgan fingerprint density at radius 1 is 1.26 bits per heavy atom. The first-order valence-electron chi connectivity index (χ1n) is 7.39. The lowest BCUT2D eigenvalue weighted by Gasteiger charge is -2.15. The Labute approximate surface area is 136 Å². The van der Waals surface area contributed by atoms with Gasteiger partial charge in [-0.3, -0.25) is 4.79 Å². The largest absolute Gasteiger partial charge is 0.471 e. The van der Waals surface area contributed by atoms with Gasteiger partial charge in [-0.15, -0.1) is 16.4 Å². The molecule has 3 aromatic rings. The van der Waals surface area contributed by atoms with Crippen LogP contribution >= 0.6 is 11.3 Å². The third-order valence-corrected chi connectivity index (χ3v) is 4.77. The molecule has 116 valence electrons. The molecule has 0 saturated carbocycles. The van der Waals surface area contributed by atoms with Crippen LogP contribution in [0.1, 0.15) is 16.2 Å². The predicted molar refractivity (Wildman–Crippen MR) is 86.6 cm³/mol. The van der Waals surface area contributed by atoms with Crippen molar-refractivity contribution >= 4 is 27.5 Å². The summed E-state index contributed by atoms with van der Waals surface area (Å²) in [5.41, 5.74) is 0.868. The Morgan fingerprint density at radius 2 is 2.17 bits per heavy atom. The van der Waals surface area contributed by atoms with Gasteiger partial charge in [0, 0.05) is 25.2 Å². The summed E-state index contributed by atoms with van der Waals surface area (Å²) in [6.07, 6.45) is 2.34. The lowest BCUT2D eigenvalue weighted by atomic mass is 10.3. The molecule has 1 aliphatic heterocycles. The smallest absolute Gasteiger partial charge is 0.283 e. The van der Waals surface area contributed by atoms with Crippen molar-refractivity contribution in [2.45, 2.75) is 12.5 Å². The van der Waals surface area contributed by atoms with E-state index in [2.05, 4.69) is 15.2 Å². The van der Waals surface area contributed by atoms with Crippen LogP contribution < -0.4 is 4.74 Å². The summed E-state index contributed by atoms with van der Waals surface area (Å²) in [6.45, 7) is 1.21. The lowest BCUT2D eigenvalue weighted by molar-refractivity contribution is 0.0771. The number of carbonyl (C=O) groups is 1. The number of likely N-dealkylation sites (tertiary alicyclic amines) is 1. The second-order valence-electron chi connectivity index (χ2n) is 5.33. The van der Waals surface area contributed by atoms with Gasteiger partial charge in [-0.1, -0.05) is 12.1 Å². The maximum absolute atomic E-state index is 12.6. The van der Waals surface area contributed by atoms with Crippen molar-refractivity contribution in [1.82, 2.24) is 20.1 Å². The van der Waals surface area contributed by atoms with Crippen molar-refractivity contribution < 1.29 is 9.53 Å². The van der Waals surface area contributed by atoms with Crippen LogP contribution in [0.5, 0.6) is 5.88 Å². The minimum atomic E-state index is -0.0509. The molecule has 4 rings (SSSR count). The van der Waals surface area contributed by atoms with Crippen molar-refractivity contribution in [3.63, 3.8) is 0 Å². The highest BCUT2D eigenvalue weighted by Crippen LogP contribution is 2.24. The molecule has 7 heteroatoms. The van der Waals surface area contributed by atoms with Gasteiger partial charge in [0.25, 0.3) is 5.91 Å². The van der Waals surface area contributed by atoms with E-state index >= 15 is 0 Å². The molecule has 1 saturated heterocycles. The van der Waals surface area contributed by atoms with Crippen LogP contribution in [-0.2, 0) is 0 Å². The van der Waals surface area contributed by atoms with Crippen molar-refractivity contribution in [2.24, 2.45) is 0 Å². The third-order valence-electron chi connectivity index (χ3n) is 3.74. The van der Waals surface area contributed by atoms with Gasteiger partial charge in [-0.2, -0.15) is 5.10 Å². The molecule has 0 N–H and O–H groups in total. The zero-order valence-corrected chi connectivity index (χ0v) is 13.1. The summed E-state index contributed by atoms with van der Waals surface area (Å²) < 4.78 is 6.80. The number of carbonyl (C=O) groups excluding carboxylic acids is 1. The molecule has 0 bridgehead atoms. The van der Waals surface area contributed by atoms with Crippen LogP contribution in [0.3, 0.4) is 0 Å². The molecule has 1 aromatic carbocycles. The van der Waals surface area contributed by atoms with Gasteiger partial charge in [-0.05, 0) is 18.2 Å². The van der Waals surface area contributed by atoms with E-state index in [-0.39, 0.29) is 12.0 Å². The predicted octanol–water partition coefficient (Wildman–Crippen LogP) is 2.38. The average Bonchev–Trinajstić information content (AvgIpc) is 3.21. The van der Waals surface area contributed by atoms with E-state index in [1.54, 1.807) is 23.2 Å². The summed E-state index contributed by atoms with van der Waals surface area (Å²) in [6, 6.07) is 11.3. The van der Waals surface area contributed by atoms with E-state index < -0.39 is 0 Å². The van der Waals surface area contributed by atoms with Gasteiger partial charge in [0.15, 0.2) is 5.01 Å². The van der Waals surface area contributed by atoms with Crippen molar-refractivity contribution in [3.8, 4) is 5.88 Å². The fourth-order valence-corrected chi connectivity index (χ4v) is 3.56. The second kappa shape index (κ2) is 5.92. The van der Waals surface area contributed by atoms with Gasteiger partial charge in [-0.25, -0.2) is 4.98 Å². The van der Waals surface area contributed by atoms with Crippen molar-refractivity contribution in [2.75, 3.05) is 13.1 Å². The van der Waals surface area contributed by atoms with Crippen LogP contribution in [0.2, 0.25) is 0 Å². The highest BCUT2D eigenvalue weighted by Gasteiger charge is 2.30. The topological polar surface area (TPSA) is 68.2 Å². The molecule has 2 aromatic heterocycles. The molecule has 23 heavy (non-hydrogen) atoms. The first-order valence-corrected chi connectivity index (χ1v) is 8.20. The van der Waals surface area contributed by atoms with E-state index in [0.717, 1.165) is 16.6 Å².